The molecule has 0 spiro atoms. The molecule has 29 heavy (non-hydrogen) atoms. The van der Waals surface area contributed by atoms with Crippen LogP contribution in [-0.4, -0.2) is 51.7 Å². The predicted molar refractivity (Wildman–Crippen MR) is 114 cm³/mol. The Kier molecular flexibility index (Phi) is 6.76. The number of carbonyl (C=O) groups excluding carboxylic acids is 1. The smallest absolute Gasteiger partial charge is 0.191 e. The summed E-state index contributed by atoms with van der Waals surface area (Å²) in [4.78, 5) is 12.8. The first-order valence-electron chi connectivity index (χ1n) is 9.32. The average Bonchev–Trinajstić information content (AvgIpc) is 3.23. The number of hydrogen-bond donors (Lipinski definition) is 0. The highest BCUT2D eigenvalue weighted by atomic mass is 32.2. The van der Waals surface area contributed by atoms with E-state index in [0.29, 0.717) is 23.3 Å². The van der Waals surface area contributed by atoms with Crippen molar-refractivity contribution < 1.29 is 14.3 Å². The Balaban J connectivity index is 1.74. The van der Waals surface area contributed by atoms with Crippen LogP contribution >= 0.6 is 11.8 Å². The summed E-state index contributed by atoms with van der Waals surface area (Å²) in [5.41, 5.74) is 3.64. The number of aryl methyl sites for hydroxylation is 1. The van der Waals surface area contributed by atoms with Gasteiger partial charge in [0.25, 0.3) is 0 Å². The van der Waals surface area contributed by atoms with Crippen LogP contribution in [0.1, 0.15) is 21.7 Å². The normalized spacial score (nSPS) is 11.1. The fourth-order valence-corrected chi connectivity index (χ4v) is 4.12. The third-order valence-corrected chi connectivity index (χ3v) is 5.93. The summed E-state index contributed by atoms with van der Waals surface area (Å²) in [6, 6.07) is 9.63. The maximum absolute atomic E-state index is 12.8. The maximum atomic E-state index is 12.8. The highest BCUT2D eigenvalue weighted by Gasteiger charge is 2.19. The monoisotopic (exact) mass is 414 g/mol. The zero-order valence-electron chi connectivity index (χ0n) is 17.4. The molecular formula is C21H26N4O3S. The Hall–Kier alpha value is -2.58. The first-order chi connectivity index (χ1) is 14.0. The molecule has 0 amide bonds. The van der Waals surface area contributed by atoms with Crippen molar-refractivity contribution in [3.63, 3.8) is 0 Å². The summed E-state index contributed by atoms with van der Waals surface area (Å²) >= 11 is 1.39. The maximum Gasteiger partial charge on any atom is 0.191 e. The number of aromatic nitrogens is 4. The topological polar surface area (TPSA) is 71.2 Å². The Morgan fingerprint density at radius 2 is 1.93 bits per heavy atom. The predicted octanol–water partition coefficient (Wildman–Crippen LogP) is 3.53. The lowest BCUT2D eigenvalue weighted by atomic mass is 10.2. The van der Waals surface area contributed by atoms with Gasteiger partial charge in [-0.15, -0.1) is 10.2 Å². The van der Waals surface area contributed by atoms with Crippen LogP contribution in [0.5, 0.6) is 5.75 Å². The van der Waals surface area contributed by atoms with Crippen LogP contribution in [-0.2, 0) is 18.3 Å². The Bertz CT molecular complexity index is 1010. The molecular weight excluding hydrogens is 388 g/mol. The van der Waals surface area contributed by atoms with E-state index in [1.54, 1.807) is 14.2 Å². The summed E-state index contributed by atoms with van der Waals surface area (Å²) in [6.07, 6.45) is 0. The molecule has 0 radical (unpaired) electrons. The molecule has 2 heterocycles. The summed E-state index contributed by atoms with van der Waals surface area (Å²) in [5, 5.41) is 9.25. The number of ether oxygens (including phenoxy) is 2. The van der Waals surface area contributed by atoms with Crippen molar-refractivity contribution in [2.24, 2.45) is 7.05 Å². The van der Waals surface area contributed by atoms with Crippen molar-refractivity contribution in [3.05, 3.63) is 47.3 Å². The standard InChI is InChI=1S/C21H26N4O3S/c1-14-12-17(15(2)25(14)10-11-27-4)18(26)13-29-21-23-22-20(24(21)3)16-8-6-7-9-19(16)28-5/h6-9,12H,10-11,13H2,1-5H3. The molecule has 0 N–H and O–H groups in total. The molecule has 0 bridgehead atoms. The molecule has 3 aromatic rings. The number of carbonyl (C=O) groups is 1. The van der Waals surface area contributed by atoms with Crippen LogP contribution in [0.15, 0.2) is 35.5 Å². The Morgan fingerprint density at radius 3 is 2.66 bits per heavy atom. The summed E-state index contributed by atoms with van der Waals surface area (Å²) < 4.78 is 14.6. The van der Waals surface area contributed by atoms with E-state index in [9.17, 15) is 4.79 Å². The summed E-state index contributed by atoms with van der Waals surface area (Å²) in [5.74, 6) is 1.81. The molecule has 154 valence electrons. The van der Waals surface area contributed by atoms with Gasteiger partial charge in [0.2, 0.25) is 0 Å². The Morgan fingerprint density at radius 1 is 1.17 bits per heavy atom. The van der Waals surface area contributed by atoms with Gasteiger partial charge in [-0.25, -0.2) is 0 Å². The van der Waals surface area contributed by atoms with E-state index >= 15 is 0 Å². The van der Waals surface area contributed by atoms with Crippen molar-refractivity contribution in [2.75, 3.05) is 26.6 Å². The number of benzene rings is 1. The number of nitrogens with zero attached hydrogens (tertiary/aromatic N) is 4. The van der Waals surface area contributed by atoms with E-state index in [1.165, 1.54) is 11.8 Å². The van der Waals surface area contributed by atoms with Gasteiger partial charge >= 0.3 is 0 Å². The number of para-hydroxylation sites is 1. The molecule has 0 atom stereocenters. The zero-order chi connectivity index (χ0) is 21.0. The minimum atomic E-state index is 0.0774. The van der Waals surface area contributed by atoms with Crippen LogP contribution in [0, 0.1) is 13.8 Å². The van der Waals surface area contributed by atoms with Crippen molar-refractivity contribution in [3.8, 4) is 17.1 Å². The number of Topliss-reactive ketones (excluding diaryl/α,β-unsaturated/α-hetero) is 1. The lowest BCUT2D eigenvalue weighted by Gasteiger charge is -2.09. The molecule has 3 rings (SSSR count). The van der Waals surface area contributed by atoms with Gasteiger partial charge in [-0.2, -0.15) is 0 Å². The lowest BCUT2D eigenvalue weighted by molar-refractivity contribution is 0.102. The number of methoxy groups -OCH3 is 2. The van der Waals surface area contributed by atoms with Crippen molar-refractivity contribution >= 4 is 17.5 Å². The van der Waals surface area contributed by atoms with E-state index in [-0.39, 0.29) is 5.78 Å². The fourth-order valence-electron chi connectivity index (χ4n) is 3.32. The van der Waals surface area contributed by atoms with E-state index in [2.05, 4.69) is 14.8 Å². The molecule has 2 aromatic heterocycles. The minimum Gasteiger partial charge on any atom is -0.496 e. The highest BCUT2D eigenvalue weighted by molar-refractivity contribution is 7.99. The molecule has 0 aliphatic carbocycles. The van der Waals surface area contributed by atoms with Crippen LogP contribution < -0.4 is 4.74 Å². The number of hydrogen-bond acceptors (Lipinski definition) is 6. The molecule has 0 unspecified atom stereocenters. The highest BCUT2D eigenvalue weighted by Crippen LogP contribution is 2.30. The van der Waals surface area contributed by atoms with Gasteiger partial charge in [0.15, 0.2) is 16.8 Å². The molecule has 8 heteroatoms. The first kappa shape index (κ1) is 21.1. The SMILES string of the molecule is COCCn1c(C)cc(C(=O)CSc2nnc(-c3ccccc3OC)n2C)c1C. The third kappa shape index (κ3) is 4.38. The van der Waals surface area contributed by atoms with Crippen LogP contribution in [0.2, 0.25) is 0 Å². The fraction of sp³-hybridized carbons (Fsp3) is 0.381. The van der Waals surface area contributed by atoms with Gasteiger partial charge in [-0.3, -0.25) is 4.79 Å². The van der Waals surface area contributed by atoms with Gasteiger partial charge in [0, 0.05) is 37.7 Å². The second-order valence-electron chi connectivity index (χ2n) is 6.71. The average molecular weight is 415 g/mol. The summed E-state index contributed by atoms with van der Waals surface area (Å²) in [7, 11) is 5.20. The molecule has 0 aliphatic heterocycles. The minimum absolute atomic E-state index is 0.0774. The van der Waals surface area contributed by atoms with Gasteiger partial charge in [-0.1, -0.05) is 23.9 Å². The lowest BCUT2D eigenvalue weighted by Crippen LogP contribution is -2.10. The van der Waals surface area contributed by atoms with E-state index in [4.69, 9.17) is 9.47 Å². The summed E-state index contributed by atoms with van der Waals surface area (Å²) in [6.45, 7) is 5.33. The number of ketones is 1. The largest absolute Gasteiger partial charge is 0.496 e. The zero-order valence-corrected chi connectivity index (χ0v) is 18.2. The van der Waals surface area contributed by atoms with Crippen molar-refractivity contribution in [1.82, 2.24) is 19.3 Å². The van der Waals surface area contributed by atoms with E-state index < -0.39 is 0 Å². The molecule has 0 saturated heterocycles. The van der Waals surface area contributed by atoms with E-state index in [0.717, 1.165) is 34.8 Å². The van der Waals surface area contributed by atoms with Crippen molar-refractivity contribution in [1.29, 1.82) is 0 Å². The number of thioether (sulfide) groups is 1. The molecule has 0 saturated carbocycles. The van der Waals surface area contributed by atoms with Crippen molar-refractivity contribution in [2.45, 2.75) is 25.5 Å². The van der Waals surface area contributed by atoms with Crippen LogP contribution in [0.25, 0.3) is 11.4 Å². The van der Waals surface area contributed by atoms with Crippen LogP contribution in [0.3, 0.4) is 0 Å². The second kappa shape index (κ2) is 9.28. The van der Waals surface area contributed by atoms with E-state index in [1.807, 2.05) is 55.8 Å². The molecule has 7 nitrogen and oxygen atoms in total. The molecule has 0 fully saturated rings. The van der Waals surface area contributed by atoms with Gasteiger partial charge in [0.05, 0.1) is 25.0 Å². The van der Waals surface area contributed by atoms with Gasteiger partial charge in [0.1, 0.15) is 5.75 Å². The van der Waals surface area contributed by atoms with Gasteiger partial charge in [-0.05, 0) is 32.0 Å². The molecule has 0 aliphatic rings. The number of rotatable bonds is 9. The second-order valence-corrected chi connectivity index (χ2v) is 7.65. The Labute approximate surface area is 175 Å². The third-order valence-electron chi connectivity index (χ3n) is 4.91. The quantitative estimate of drug-likeness (QED) is 0.394. The molecule has 1 aromatic carbocycles. The van der Waals surface area contributed by atoms with Crippen LogP contribution in [0.4, 0.5) is 0 Å². The first-order valence-corrected chi connectivity index (χ1v) is 10.3. The van der Waals surface area contributed by atoms with Gasteiger partial charge < -0.3 is 18.6 Å².